The van der Waals surface area contributed by atoms with Crippen molar-refractivity contribution in [1.29, 1.82) is 0 Å². The molecule has 0 radical (unpaired) electrons. The minimum Gasteiger partial charge on any atom is -0.370 e. The van der Waals surface area contributed by atoms with Crippen molar-refractivity contribution in [1.82, 2.24) is 14.5 Å². The topological polar surface area (TPSA) is 61.3 Å². The molecular formula is C22H23FN4O2S. The van der Waals surface area contributed by atoms with Gasteiger partial charge in [0.15, 0.2) is 4.77 Å². The molecule has 0 aliphatic carbocycles. The number of nitrogens with zero attached hydrogens (tertiary/aromatic N) is 3. The normalized spacial score (nSPS) is 14.7. The largest absolute Gasteiger partial charge is 0.370 e. The predicted octanol–water partition coefficient (Wildman–Crippen LogP) is 3.57. The Morgan fingerprint density at radius 1 is 1.10 bits per heavy atom. The zero-order valence-corrected chi connectivity index (χ0v) is 17.5. The standard InChI is InChI=1S/C22H23FN4O2S/c1-2-27-21(29)18-9-4-15(14-19(18)24-22(27)30)20(28)26-11-3-10-25(12-13-26)17-7-5-16(23)6-8-17/h4-9,14H,2-3,10-13H2,1H3,(H,24,30). The maximum Gasteiger partial charge on any atom is 0.262 e. The fourth-order valence-electron chi connectivity index (χ4n) is 3.89. The number of rotatable bonds is 3. The summed E-state index contributed by atoms with van der Waals surface area (Å²) < 4.78 is 15.0. The van der Waals surface area contributed by atoms with Gasteiger partial charge in [0.05, 0.1) is 10.9 Å². The molecule has 6 nitrogen and oxygen atoms in total. The molecule has 1 aromatic heterocycles. The summed E-state index contributed by atoms with van der Waals surface area (Å²) in [6.07, 6.45) is 0.820. The second kappa shape index (κ2) is 8.39. The lowest BCUT2D eigenvalue weighted by Crippen LogP contribution is -2.35. The van der Waals surface area contributed by atoms with Crippen LogP contribution < -0.4 is 10.5 Å². The third-order valence-electron chi connectivity index (χ3n) is 5.52. The fraction of sp³-hybridized carbons (Fsp3) is 0.318. The number of anilines is 1. The molecule has 4 rings (SSSR count). The Hall–Kier alpha value is -3.00. The van der Waals surface area contributed by atoms with Gasteiger partial charge in [0.1, 0.15) is 5.82 Å². The van der Waals surface area contributed by atoms with Crippen molar-refractivity contribution in [3.8, 4) is 0 Å². The average Bonchev–Trinajstić information content (AvgIpc) is 3.00. The van der Waals surface area contributed by atoms with Crippen LogP contribution in [0.2, 0.25) is 0 Å². The second-order valence-corrected chi connectivity index (χ2v) is 7.74. The highest BCUT2D eigenvalue weighted by Crippen LogP contribution is 2.19. The minimum atomic E-state index is -0.258. The molecule has 0 bridgehead atoms. The van der Waals surface area contributed by atoms with Crippen molar-refractivity contribution in [2.45, 2.75) is 19.9 Å². The number of fused-ring (bicyclic) bond motifs is 1. The number of nitrogens with one attached hydrogen (secondary N) is 1. The van der Waals surface area contributed by atoms with Gasteiger partial charge in [-0.25, -0.2) is 4.39 Å². The van der Waals surface area contributed by atoms with E-state index in [0.29, 0.717) is 47.4 Å². The van der Waals surface area contributed by atoms with Crippen molar-refractivity contribution in [2.75, 3.05) is 31.1 Å². The number of hydrogen-bond donors (Lipinski definition) is 1. The van der Waals surface area contributed by atoms with Gasteiger partial charge in [-0.3, -0.25) is 14.2 Å². The van der Waals surface area contributed by atoms with Crippen molar-refractivity contribution in [3.63, 3.8) is 0 Å². The van der Waals surface area contributed by atoms with E-state index in [-0.39, 0.29) is 17.3 Å². The first-order valence-electron chi connectivity index (χ1n) is 10.0. The molecule has 156 valence electrons. The van der Waals surface area contributed by atoms with Gasteiger partial charge in [0, 0.05) is 44.0 Å². The Morgan fingerprint density at radius 2 is 1.87 bits per heavy atom. The first kappa shape index (κ1) is 20.3. The summed E-state index contributed by atoms with van der Waals surface area (Å²) in [5.41, 5.74) is 1.90. The lowest BCUT2D eigenvalue weighted by atomic mass is 10.1. The van der Waals surface area contributed by atoms with E-state index in [1.165, 1.54) is 16.7 Å². The zero-order valence-electron chi connectivity index (χ0n) is 16.7. The molecule has 1 amide bonds. The monoisotopic (exact) mass is 426 g/mol. The van der Waals surface area contributed by atoms with E-state index in [0.717, 1.165) is 18.7 Å². The van der Waals surface area contributed by atoms with Crippen molar-refractivity contribution in [3.05, 3.63) is 69.0 Å². The summed E-state index contributed by atoms with van der Waals surface area (Å²) in [5, 5.41) is 0.514. The number of carbonyl (C=O) groups is 1. The van der Waals surface area contributed by atoms with Gasteiger partial charge in [0.2, 0.25) is 0 Å². The number of hydrogen-bond acceptors (Lipinski definition) is 4. The fourth-order valence-corrected chi connectivity index (χ4v) is 4.21. The molecule has 8 heteroatoms. The van der Waals surface area contributed by atoms with Crippen molar-refractivity contribution >= 4 is 34.7 Å². The average molecular weight is 427 g/mol. The molecule has 1 aliphatic heterocycles. The first-order valence-corrected chi connectivity index (χ1v) is 10.5. The summed E-state index contributed by atoms with van der Waals surface area (Å²) in [6, 6.07) is 11.5. The van der Waals surface area contributed by atoms with Gasteiger partial charge in [-0.05, 0) is 68.0 Å². The minimum absolute atomic E-state index is 0.0724. The molecule has 30 heavy (non-hydrogen) atoms. The highest BCUT2D eigenvalue weighted by molar-refractivity contribution is 7.71. The van der Waals surface area contributed by atoms with Crippen LogP contribution in [0.1, 0.15) is 23.7 Å². The van der Waals surface area contributed by atoms with Gasteiger partial charge < -0.3 is 14.8 Å². The summed E-state index contributed by atoms with van der Waals surface area (Å²) >= 11 is 5.27. The third kappa shape index (κ3) is 3.87. The number of aromatic amines is 1. The molecule has 2 heterocycles. The summed E-state index contributed by atoms with van der Waals surface area (Å²) in [7, 11) is 0. The number of halogens is 1. The lowest BCUT2D eigenvalue weighted by Gasteiger charge is -2.24. The second-order valence-electron chi connectivity index (χ2n) is 7.35. The Bertz CT molecular complexity index is 1200. The van der Waals surface area contributed by atoms with Crippen LogP contribution in [0.25, 0.3) is 10.9 Å². The molecule has 1 N–H and O–H groups in total. The molecule has 0 saturated carbocycles. The van der Waals surface area contributed by atoms with Crippen LogP contribution >= 0.6 is 12.2 Å². The Morgan fingerprint density at radius 3 is 2.60 bits per heavy atom. The molecule has 1 aliphatic rings. The van der Waals surface area contributed by atoms with Gasteiger partial charge in [-0.15, -0.1) is 0 Å². The molecule has 0 atom stereocenters. The molecule has 0 spiro atoms. The van der Waals surface area contributed by atoms with E-state index >= 15 is 0 Å². The van der Waals surface area contributed by atoms with Gasteiger partial charge in [0.25, 0.3) is 11.5 Å². The van der Waals surface area contributed by atoms with E-state index in [1.807, 2.05) is 11.8 Å². The molecule has 2 aromatic carbocycles. The number of carbonyl (C=O) groups excluding carboxylic acids is 1. The van der Waals surface area contributed by atoms with E-state index in [9.17, 15) is 14.0 Å². The zero-order chi connectivity index (χ0) is 21.3. The van der Waals surface area contributed by atoms with Crippen molar-refractivity contribution < 1.29 is 9.18 Å². The number of H-pyrrole nitrogens is 1. The van der Waals surface area contributed by atoms with Gasteiger partial charge in [-0.1, -0.05) is 0 Å². The van der Waals surface area contributed by atoms with Crippen LogP contribution in [-0.2, 0) is 6.54 Å². The molecule has 0 unspecified atom stereocenters. The van der Waals surface area contributed by atoms with Crippen LogP contribution in [-0.4, -0.2) is 46.5 Å². The number of benzene rings is 2. The number of amides is 1. The van der Waals surface area contributed by atoms with Crippen LogP contribution in [0, 0.1) is 10.6 Å². The van der Waals surface area contributed by atoms with Gasteiger partial charge >= 0.3 is 0 Å². The lowest BCUT2D eigenvalue weighted by molar-refractivity contribution is 0.0767. The maximum absolute atomic E-state index is 13.2. The highest BCUT2D eigenvalue weighted by Gasteiger charge is 2.21. The van der Waals surface area contributed by atoms with Crippen LogP contribution in [0.3, 0.4) is 0 Å². The highest BCUT2D eigenvalue weighted by atomic mass is 32.1. The van der Waals surface area contributed by atoms with E-state index < -0.39 is 0 Å². The van der Waals surface area contributed by atoms with E-state index in [2.05, 4.69) is 9.88 Å². The first-order chi connectivity index (χ1) is 14.5. The molecule has 1 saturated heterocycles. The Balaban J connectivity index is 1.55. The van der Waals surface area contributed by atoms with Crippen LogP contribution in [0.4, 0.5) is 10.1 Å². The molecule has 1 fully saturated rings. The summed E-state index contributed by atoms with van der Waals surface area (Å²) in [4.78, 5) is 32.7. The molecule has 3 aromatic rings. The molecular weight excluding hydrogens is 403 g/mol. The summed E-state index contributed by atoms with van der Waals surface area (Å²) in [5.74, 6) is -0.330. The summed E-state index contributed by atoms with van der Waals surface area (Å²) in [6.45, 7) is 5.04. The number of aromatic nitrogens is 2. The van der Waals surface area contributed by atoms with Crippen LogP contribution in [0.15, 0.2) is 47.3 Å². The van der Waals surface area contributed by atoms with E-state index in [4.69, 9.17) is 12.2 Å². The van der Waals surface area contributed by atoms with Crippen LogP contribution in [0.5, 0.6) is 0 Å². The maximum atomic E-state index is 13.2. The Kier molecular flexibility index (Phi) is 5.67. The van der Waals surface area contributed by atoms with Crippen molar-refractivity contribution in [2.24, 2.45) is 0 Å². The predicted molar refractivity (Wildman–Crippen MR) is 118 cm³/mol. The quantitative estimate of drug-likeness (QED) is 0.651. The third-order valence-corrected chi connectivity index (χ3v) is 5.84. The SMILES string of the molecule is CCn1c(=S)[nH]c2cc(C(=O)N3CCCN(c4ccc(F)cc4)CC3)ccc2c1=O. The van der Waals surface area contributed by atoms with Gasteiger partial charge in [-0.2, -0.15) is 0 Å². The smallest absolute Gasteiger partial charge is 0.262 e. The van der Waals surface area contributed by atoms with E-state index in [1.54, 1.807) is 30.3 Å². The Labute approximate surface area is 178 Å².